The maximum Gasteiger partial charge on any atom is 0.348 e. The molecule has 31 heavy (non-hydrogen) atoms. The van der Waals surface area contributed by atoms with Crippen LogP contribution in [-0.2, 0) is 33.3 Å². The van der Waals surface area contributed by atoms with Gasteiger partial charge in [-0.1, -0.05) is 25.7 Å². The van der Waals surface area contributed by atoms with E-state index in [0.29, 0.717) is 24.0 Å². The largest absolute Gasteiger partial charge is 0.458 e. The smallest absolute Gasteiger partial charge is 0.348 e. The topological polar surface area (TPSA) is 91.4 Å². The van der Waals surface area contributed by atoms with Crippen molar-refractivity contribution in [2.75, 3.05) is 0 Å². The zero-order valence-corrected chi connectivity index (χ0v) is 18.7. The van der Waals surface area contributed by atoms with Crippen LogP contribution >= 0.6 is 0 Å². The van der Waals surface area contributed by atoms with E-state index < -0.39 is 35.7 Å². The van der Waals surface area contributed by atoms with Gasteiger partial charge in [0.25, 0.3) is 0 Å². The summed E-state index contributed by atoms with van der Waals surface area (Å²) in [6.07, 6.45) is 2.33. The van der Waals surface area contributed by atoms with E-state index in [1.807, 2.05) is 0 Å². The Balaban J connectivity index is 1.61. The third-order valence-corrected chi connectivity index (χ3v) is 7.57. The van der Waals surface area contributed by atoms with Crippen LogP contribution in [0.3, 0.4) is 0 Å². The molecule has 4 aliphatic rings. The molecule has 0 N–H and O–H groups in total. The summed E-state index contributed by atoms with van der Waals surface area (Å²) in [5, 5.41) is 0. The summed E-state index contributed by atoms with van der Waals surface area (Å²) < 4.78 is 23.1. The van der Waals surface area contributed by atoms with Crippen LogP contribution in [0.25, 0.3) is 0 Å². The minimum absolute atomic E-state index is 0.217. The fourth-order valence-electron chi connectivity index (χ4n) is 5.42. The van der Waals surface area contributed by atoms with Gasteiger partial charge in [-0.3, -0.25) is 0 Å². The Morgan fingerprint density at radius 3 is 2.32 bits per heavy atom. The SMILES string of the molecule is C=C1C2OC2C(OC(=O)C(C)=CC)C2(C)CCC3C(OC(=O)C(C)=CC)C(=O)OC3C12. The number of rotatable bonds is 4. The fraction of sp³-hybridized carbons (Fsp3) is 0.625. The quantitative estimate of drug-likeness (QED) is 0.223. The molecule has 0 aromatic heterocycles. The molecule has 7 heteroatoms. The number of fused-ring (bicyclic) bond motifs is 4. The van der Waals surface area contributed by atoms with Crippen molar-refractivity contribution < 1.29 is 33.3 Å². The van der Waals surface area contributed by atoms with Gasteiger partial charge < -0.3 is 18.9 Å². The minimum atomic E-state index is -0.936. The van der Waals surface area contributed by atoms with Crippen LogP contribution in [0.4, 0.5) is 0 Å². The second kappa shape index (κ2) is 7.62. The number of epoxide rings is 1. The summed E-state index contributed by atoms with van der Waals surface area (Å²) in [5.74, 6) is -1.91. The number of hydrogen-bond donors (Lipinski definition) is 0. The molecule has 168 valence electrons. The van der Waals surface area contributed by atoms with Crippen LogP contribution < -0.4 is 0 Å². The van der Waals surface area contributed by atoms with Gasteiger partial charge in [-0.05, 0) is 46.1 Å². The predicted octanol–water partition coefficient (Wildman–Crippen LogP) is 3.04. The number of esters is 3. The number of hydrogen-bond acceptors (Lipinski definition) is 7. The zero-order valence-electron chi connectivity index (χ0n) is 18.7. The summed E-state index contributed by atoms with van der Waals surface area (Å²) in [4.78, 5) is 37.5. The van der Waals surface area contributed by atoms with Crippen molar-refractivity contribution in [3.8, 4) is 0 Å². The van der Waals surface area contributed by atoms with Crippen molar-refractivity contribution >= 4 is 17.9 Å². The molecule has 0 aromatic rings. The molecule has 2 saturated carbocycles. The molecule has 0 aromatic carbocycles. The lowest BCUT2D eigenvalue weighted by molar-refractivity contribution is -0.168. The summed E-state index contributed by atoms with van der Waals surface area (Å²) in [6.45, 7) is 13.2. The Labute approximate surface area is 182 Å². The molecule has 7 nitrogen and oxygen atoms in total. The number of allylic oxidation sites excluding steroid dienone is 2. The van der Waals surface area contributed by atoms with Gasteiger partial charge in [0.05, 0.1) is 0 Å². The molecule has 2 aliphatic heterocycles. The minimum Gasteiger partial charge on any atom is -0.458 e. The van der Waals surface area contributed by atoms with Gasteiger partial charge in [-0.2, -0.15) is 0 Å². The van der Waals surface area contributed by atoms with Gasteiger partial charge in [0, 0.05) is 28.4 Å². The lowest BCUT2D eigenvalue weighted by Gasteiger charge is -2.52. The van der Waals surface area contributed by atoms with E-state index >= 15 is 0 Å². The predicted molar refractivity (Wildman–Crippen MR) is 111 cm³/mol. The lowest BCUT2D eigenvalue weighted by atomic mass is 9.54. The second-order valence-electron chi connectivity index (χ2n) is 9.28. The van der Waals surface area contributed by atoms with E-state index in [1.54, 1.807) is 39.8 Å². The van der Waals surface area contributed by atoms with E-state index in [0.717, 1.165) is 5.57 Å². The highest BCUT2D eigenvalue weighted by Gasteiger charge is 2.70. The van der Waals surface area contributed by atoms with Gasteiger partial charge in [-0.15, -0.1) is 0 Å². The Hall–Kier alpha value is -2.41. The van der Waals surface area contributed by atoms with Crippen LogP contribution in [0, 0.1) is 17.3 Å². The van der Waals surface area contributed by atoms with Crippen molar-refractivity contribution in [1.82, 2.24) is 0 Å². The Kier molecular flexibility index (Phi) is 5.36. The van der Waals surface area contributed by atoms with E-state index in [4.69, 9.17) is 18.9 Å². The van der Waals surface area contributed by atoms with E-state index in [1.165, 1.54) is 0 Å². The number of carbonyl (C=O) groups excluding carboxylic acids is 3. The lowest BCUT2D eigenvalue weighted by Crippen LogP contribution is -2.58. The maximum atomic E-state index is 12.7. The molecule has 8 unspecified atom stereocenters. The molecule has 4 fully saturated rings. The van der Waals surface area contributed by atoms with Gasteiger partial charge >= 0.3 is 17.9 Å². The van der Waals surface area contributed by atoms with E-state index in [9.17, 15) is 14.4 Å². The Morgan fingerprint density at radius 2 is 1.71 bits per heavy atom. The first-order chi connectivity index (χ1) is 14.6. The Morgan fingerprint density at radius 1 is 1.10 bits per heavy atom. The van der Waals surface area contributed by atoms with Crippen LogP contribution in [0.2, 0.25) is 0 Å². The first-order valence-corrected chi connectivity index (χ1v) is 10.9. The second-order valence-corrected chi connectivity index (χ2v) is 9.28. The molecular formula is C24H30O7. The van der Waals surface area contributed by atoms with Gasteiger partial charge in [-0.25, -0.2) is 14.4 Å². The molecule has 0 spiro atoms. The molecule has 0 amide bonds. The molecule has 2 saturated heterocycles. The van der Waals surface area contributed by atoms with Crippen molar-refractivity contribution in [2.24, 2.45) is 17.3 Å². The van der Waals surface area contributed by atoms with E-state index in [-0.39, 0.29) is 30.0 Å². The van der Waals surface area contributed by atoms with E-state index in [2.05, 4.69) is 13.5 Å². The average Bonchev–Trinajstić information content (AvgIpc) is 3.48. The van der Waals surface area contributed by atoms with Crippen molar-refractivity contribution in [1.29, 1.82) is 0 Å². The summed E-state index contributed by atoms with van der Waals surface area (Å²) in [5.41, 5.74) is 1.35. The highest BCUT2D eigenvalue weighted by molar-refractivity contribution is 5.90. The van der Waals surface area contributed by atoms with Gasteiger partial charge in [0.2, 0.25) is 6.10 Å². The van der Waals surface area contributed by atoms with Crippen LogP contribution in [0.5, 0.6) is 0 Å². The molecule has 2 heterocycles. The molecule has 0 bridgehead atoms. The monoisotopic (exact) mass is 430 g/mol. The van der Waals surface area contributed by atoms with Crippen LogP contribution in [0.15, 0.2) is 35.5 Å². The van der Waals surface area contributed by atoms with Crippen molar-refractivity contribution in [3.63, 3.8) is 0 Å². The molecule has 0 radical (unpaired) electrons. The summed E-state index contributed by atoms with van der Waals surface area (Å²) >= 11 is 0. The number of ether oxygens (including phenoxy) is 4. The maximum absolute atomic E-state index is 12.7. The number of carbonyl (C=O) groups is 3. The molecule has 4 rings (SSSR count). The standard InChI is InChI=1S/C24H30O7/c1-7-11(3)21(25)30-18-14-9-10-24(6)15(17(14)29-23(18)27)13(5)16-19(28-16)20(24)31-22(26)12(4)8-2/h7-8,14-20H,5,9-10H2,1-4,6H3. The highest BCUT2D eigenvalue weighted by atomic mass is 16.6. The molecule has 8 atom stereocenters. The highest BCUT2D eigenvalue weighted by Crippen LogP contribution is 2.62. The third kappa shape index (κ3) is 3.34. The summed E-state index contributed by atoms with van der Waals surface area (Å²) in [6, 6.07) is 0. The van der Waals surface area contributed by atoms with Gasteiger partial charge in [0.15, 0.2) is 0 Å². The first-order valence-electron chi connectivity index (χ1n) is 10.9. The van der Waals surface area contributed by atoms with Gasteiger partial charge in [0.1, 0.15) is 24.4 Å². The molecule has 2 aliphatic carbocycles. The normalized spacial score (nSPS) is 41.5. The summed E-state index contributed by atoms with van der Waals surface area (Å²) in [7, 11) is 0. The fourth-order valence-corrected chi connectivity index (χ4v) is 5.42. The Bertz CT molecular complexity index is 900. The van der Waals surface area contributed by atoms with Crippen molar-refractivity contribution in [2.45, 2.75) is 78.0 Å². The third-order valence-electron chi connectivity index (χ3n) is 7.57. The molecular weight excluding hydrogens is 400 g/mol. The van der Waals surface area contributed by atoms with Crippen LogP contribution in [0.1, 0.15) is 47.5 Å². The zero-order chi connectivity index (χ0) is 22.7. The first kappa shape index (κ1) is 21.8. The average molecular weight is 430 g/mol. The van der Waals surface area contributed by atoms with Crippen molar-refractivity contribution in [3.05, 3.63) is 35.5 Å². The van der Waals surface area contributed by atoms with Crippen LogP contribution in [-0.4, -0.2) is 48.4 Å².